The summed E-state index contributed by atoms with van der Waals surface area (Å²) in [6.45, 7) is 2.45. The average molecular weight is 329 g/mol. The SMILES string of the molecule is CN(Cc1nc(-c2cccnc2)no1)C(=O)CCC1CCCNC1. The average Bonchev–Trinajstić information content (AvgIpc) is 3.10. The second-order valence-corrected chi connectivity index (χ2v) is 6.25. The van der Waals surface area contributed by atoms with Crippen molar-refractivity contribution in [3.8, 4) is 11.4 Å². The highest BCUT2D eigenvalue weighted by atomic mass is 16.5. The molecule has 2 aromatic heterocycles. The number of rotatable bonds is 6. The number of piperidine rings is 1. The predicted molar refractivity (Wildman–Crippen MR) is 88.8 cm³/mol. The lowest BCUT2D eigenvalue weighted by Crippen LogP contribution is -2.31. The van der Waals surface area contributed by atoms with Crippen LogP contribution >= 0.6 is 0 Å². The van der Waals surface area contributed by atoms with Crippen molar-refractivity contribution in [3.05, 3.63) is 30.4 Å². The highest BCUT2D eigenvalue weighted by molar-refractivity contribution is 5.75. The first-order chi connectivity index (χ1) is 11.7. The lowest BCUT2D eigenvalue weighted by atomic mass is 9.94. The Kier molecular flexibility index (Phi) is 5.53. The van der Waals surface area contributed by atoms with Gasteiger partial charge in [-0.1, -0.05) is 5.16 Å². The summed E-state index contributed by atoms with van der Waals surface area (Å²) < 4.78 is 5.24. The summed E-state index contributed by atoms with van der Waals surface area (Å²) in [5.41, 5.74) is 0.797. The van der Waals surface area contributed by atoms with Crippen LogP contribution in [-0.2, 0) is 11.3 Å². The van der Waals surface area contributed by atoms with Gasteiger partial charge in [0, 0.05) is 31.4 Å². The fourth-order valence-electron chi connectivity index (χ4n) is 2.91. The number of hydrogen-bond donors (Lipinski definition) is 1. The van der Waals surface area contributed by atoms with Gasteiger partial charge in [-0.05, 0) is 50.4 Å². The van der Waals surface area contributed by atoms with Gasteiger partial charge in [0.05, 0.1) is 6.54 Å². The maximum absolute atomic E-state index is 12.3. The van der Waals surface area contributed by atoms with Crippen molar-refractivity contribution in [1.29, 1.82) is 0 Å². The molecule has 1 saturated heterocycles. The van der Waals surface area contributed by atoms with E-state index in [1.54, 1.807) is 24.3 Å². The second kappa shape index (κ2) is 8.01. The molecule has 1 atom stereocenters. The minimum atomic E-state index is 0.113. The van der Waals surface area contributed by atoms with Crippen LogP contribution in [0.4, 0.5) is 0 Å². The smallest absolute Gasteiger partial charge is 0.246 e. The highest BCUT2D eigenvalue weighted by Gasteiger charge is 2.18. The summed E-state index contributed by atoms with van der Waals surface area (Å²) in [7, 11) is 1.77. The van der Waals surface area contributed by atoms with Crippen LogP contribution in [0.5, 0.6) is 0 Å². The van der Waals surface area contributed by atoms with Gasteiger partial charge in [0.1, 0.15) is 0 Å². The number of nitrogens with one attached hydrogen (secondary N) is 1. The molecule has 1 unspecified atom stereocenters. The molecule has 0 aliphatic carbocycles. The first kappa shape index (κ1) is 16.6. The van der Waals surface area contributed by atoms with Gasteiger partial charge in [-0.2, -0.15) is 4.98 Å². The lowest BCUT2D eigenvalue weighted by molar-refractivity contribution is -0.131. The van der Waals surface area contributed by atoms with Crippen molar-refractivity contribution < 1.29 is 9.32 Å². The van der Waals surface area contributed by atoms with E-state index in [2.05, 4.69) is 20.4 Å². The number of amides is 1. The first-order valence-corrected chi connectivity index (χ1v) is 8.40. The van der Waals surface area contributed by atoms with E-state index in [1.165, 1.54) is 12.8 Å². The minimum absolute atomic E-state index is 0.113. The summed E-state index contributed by atoms with van der Waals surface area (Å²) in [5, 5.41) is 7.33. The van der Waals surface area contributed by atoms with Crippen molar-refractivity contribution in [1.82, 2.24) is 25.3 Å². The van der Waals surface area contributed by atoms with E-state index in [9.17, 15) is 4.79 Å². The van der Waals surface area contributed by atoms with Gasteiger partial charge in [0.15, 0.2) is 0 Å². The molecule has 0 saturated carbocycles. The van der Waals surface area contributed by atoms with Gasteiger partial charge in [0.25, 0.3) is 0 Å². The molecule has 0 radical (unpaired) electrons. The zero-order chi connectivity index (χ0) is 16.8. The van der Waals surface area contributed by atoms with Gasteiger partial charge < -0.3 is 14.7 Å². The van der Waals surface area contributed by atoms with Crippen LogP contribution in [0.25, 0.3) is 11.4 Å². The Morgan fingerprint density at radius 3 is 3.17 bits per heavy atom. The maximum Gasteiger partial charge on any atom is 0.246 e. The fraction of sp³-hybridized carbons (Fsp3) is 0.529. The number of aromatic nitrogens is 3. The van der Waals surface area contributed by atoms with Gasteiger partial charge in [0.2, 0.25) is 17.6 Å². The maximum atomic E-state index is 12.3. The summed E-state index contributed by atoms with van der Waals surface area (Å²) in [4.78, 5) is 22.3. The molecule has 1 amide bonds. The molecule has 2 aromatic rings. The van der Waals surface area contributed by atoms with E-state index in [0.717, 1.165) is 25.1 Å². The minimum Gasteiger partial charge on any atom is -0.337 e. The molecule has 3 heterocycles. The number of hydrogen-bond acceptors (Lipinski definition) is 6. The standard InChI is InChI=1S/C17H23N5O2/c1-22(16(23)7-6-13-4-2-8-18-10-13)12-15-20-17(21-24-15)14-5-3-9-19-11-14/h3,5,9,11,13,18H,2,4,6-8,10,12H2,1H3. The van der Waals surface area contributed by atoms with E-state index < -0.39 is 0 Å². The molecular weight excluding hydrogens is 306 g/mol. The fourth-order valence-corrected chi connectivity index (χ4v) is 2.91. The molecule has 7 nitrogen and oxygen atoms in total. The van der Waals surface area contributed by atoms with Gasteiger partial charge in [-0.3, -0.25) is 9.78 Å². The van der Waals surface area contributed by atoms with Crippen LogP contribution in [0.2, 0.25) is 0 Å². The molecule has 1 aliphatic rings. The number of pyridine rings is 1. The number of carbonyl (C=O) groups is 1. The third kappa shape index (κ3) is 4.38. The molecule has 1 N–H and O–H groups in total. The van der Waals surface area contributed by atoms with Crippen molar-refractivity contribution in [2.75, 3.05) is 20.1 Å². The molecule has 0 aromatic carbocycles. The zero-order valence-electron chi connectivity index (χ0n) is 13.9. The Hall–Kier alpha value is -2.28. The summed E-state index contributed by atoms with van der Waals surface area (Å²) >= 11 is 0. The van der Waals surface area contributed by atoms with Gasteiger partial charge in [-0.25, -0.2) is 0 Å². The van der Waals surface area contributed by atoms with Gasteiger partial charge >= 0.3 is 0 Å². The molecule has 128 valence electrons. The van der Waals surface area contributed by atoms with Crippen LogP contribution in [-0.4, -0.2) is 46.1 Å². The lowest BCUT2D eigenvalue weighted by Gasteiger charge is -2.23. The molecule has 1 aliphatic heterocycles. The molecule has 7 heteroatoms. The van der Waals surface area contributed by atoms with Crippen LogP contribution in [0.3, 0.4) is 0 Å². The first-order valence-electron chi connectivity index (χ1n) is 8.40. The van der Waals surface area contributed by atoms with E-state index in [0.29, 0.717) is 30.6 Å². The summed E-state index contributed by atoms with van der Waals surface area (Å²) in [6, 6.07) is 3.69. The highest BCUT2D eigenvalue weighted by Crippen LogP contribution is 2.17. The van der Waals surface area contributed by atoms with Crippen molar-refractivity contribution >= 4 is 5.91 Å². The molecule has 0 spiro atoms. The normalized spacial score (nSPS) is 17.6. The summed E-state index contributed by atoms with van der Waals surface area (Å²) in [5.74, 6) is 1.65. The number of nitrogens with zero attached hydrogens (tertiary/aromatic N) is 4. The Morgan fingerprint density at radius 1 is 1.50 bits per heavy atom. The second-order valence-electron chi connectivity index (χ2n) is 6.25. The van der Waals surface area contributed by atoms with Crippen LogP contribution < -0.4 is 5.32 Å². The van der Waals surface area contributed by atoms with Crippen molar-refractivity contribution in [2.24, 2.45) is 5.92 Å². The largest absolute Gasteiger partial charge is 0.337 e. The Labute approximate surface area is 141 Å². The molecule has 3 rings (SSSR count). The van der Waals surface area contributed by atoms with E-state index >= 15 is 0 Å². The van der Waals surface area contributed by atoms with E-state index in [-0.39, 0.29) is 5.91 Å². The van der Waals surface area contributed by atoms with Crippen molar-refractivity contribution in [2.45, 2.75) is 32.2 Å². The summed E-state index contributed by atoms with van der Waals surface area (Å²) in [6.07, 6.45) is 7.28. The van der Waals surface area contributed by atoms with Crippen LogP contribution in [0, 0.1) is 5.92 Å². The third-order valence-electron chi connectivity index (χ3n) is 4.35. The molecule has 0 bridgehead atoms. The molecule has 24 heavy (non-hydrogen) atoms. The number of carbonyl (C=O) groups excluding carboxylic acids is 1. The Morgan fingerprint density at radius 2 is 2.42 bits per heavy atom. The topological polar surface area (TPSA) is 84.2 Å². The third-order valence-corrected chi connectivity index (χ3v) is 4.35. The predicted octanol–water partition coefficient (Wildman–Crippen LogP) is 1.87. The van der Waals surface area contributed by atoms with Crippen molar-refractivity contribution in [3.63, 3.8) is 0 Å². The van der Waals surface area contributed by atoms with E-state index in [1.807, 2.05) is 12.1 Å². The Bertz CT molecular complexity index is 652. The zero-order valence-corrected chi connectivity index (χ0v) is 13.9. The van der Waals surface area contributed by atoms with Crippen LogP contribution in [0.1, 0.15) is 31.6 Å². The van der Waals surface area contributed by atoms with Crippen LogP contribution in [0.15, 0.2) is 29.0 Å². The molecular formula is C17H23N5O2. The Balaban J connectivity index is 1.50. The van der Waals surface area contributed by atoms with E-state index in [4.69, 9.17) is 4.52 Å². The monoisotopic (exact) mass is 329 g/mol. The van der Waals surface area contributed by atoms with Gasteiger partial charge in [-0.15, -0.1) is 0 Å². The molecule has 1 fully saturated rings. The quantitative estimate of drug-likeness (QED) is 0.871.